The van der Waals surface area contributed by atoms with Crippen molar-refractivity contribution >= 4 is 15.8 Å². The highest BCUT2D eigenvalue weighted by Crippen LogP contribution is 2.46. The number of hydrogen-bond acceptors (Lipinski definition) is 4. The molecule has 0 radical (unpaired) electrons. The molecule has 0 aromatic heterocycles. The van der Waals surface area contributed by atoms with Crippen LogP contribution in [0, 0.1) is 5.41 Å². The Morgan fingerprint density at radius 1 is 1.30 bits per heavy atom. The van der Waals surface area contributed by atoms with Crippen molar-refractivity contribution < 1.29 is 8.42 Å². The van der Waals surface area contributed by atoms with Gasteiger partial charge >= 0.3 is 0 Å². The molecule has 2 atom stereocenters. The lowest BCUT2D eigenvalue weighted by Crippen LogP contribution is -2.46. The normalized spacial score (nSPS) is 25.4. The van der Waals surface area contributed by atoms with Gasteiger partial charge in [-0.2, -0.15) is 0 Å². The molecule has 2 N–H and O–H groups in total. The van der Waals surface area contributed by atoms with E-state index in [1.54, 1.807) is 7.05 Å². The molecule has 7 heteroatoms. The molecule has 2 unspecified atom stereocenters. The summed E-state index contributed by atoms with van der Waals surface area (Å²) in [7, 11) is -1.18. The van der Waals surface area contributed by atoms with Crippen molar-refractivity contribution in [3.05, 3.63) is 35.9 Å². The van der Waals surface area contributed by atoms with Crippen LogP contribution in [0.3, 0.4) is 0 Å². The van der Waals surface area contributed by atoms with Crippen molar-refractivity contribution in [1.29, 1.82) is 0 Å². The van der Waals surface area contributed by atoms with Gasteiger partial charge in [0.1, 0.15) is 9.84 Å². The van der Waals surface area contributed by atoms with Crippen LogP contribution in [-0.2, 0) is 16.4 Å². The third kappa shape index (κ3) is 5.94. The van der Waals surface area contributed by atoms with Crippen LogP contribution in [-0.4, -0.2) is 63.5 Å². The topological polar surface area (TPSA) is 73.8 Å². The van der Waals surface area contributed by atoms with Gasteiger partial charge < -0.3 is 10.6 Å². The number of nitrogens with zero attached hydrogens (tertiary/aromatic N) is 2. The highest BCUT2D eigenvalue weighted by atomic mass is 32.2. The number of likely N-dealkylation sites (tertiary alicyclic amines) is 1. The van der Waals surface area contributed by atoms with Gasteiger partial charge in [-0.25, -0.2) is 8.42 Å². The molecular weight excluding hydrogens is 360 g/mol. The van der Waals surface area contributed by atoms with Crippen LogP contribution in [0.5, 0.6) is 0 Å². The highest BCUT2D eigenvalue weighted by molar-refractivity contribution is 7.90. The number of benzene rings is 1. The summed E-state index contributed by atoms with van der Waals surface area (Å²) in [5.41, 5.74) is 1.23. The van der Waals surface area contributed by atoms with Gasteiger partial charge in [0.25, 0.3) is 0 Å². The van der Waals surface area contributed by atoms with Crippen molar-refractivity contribution in [2.45, 2.75) is 44.8 Å². The van der Waals surface area contributed by atoms with Gasteiger partial charge in [-0.1, -0.05) is 30.3 Å². The minimum atomic E-state index is -2.95. The van der Waals surface area contributed by atoms with Crippen molar-refractivity contribution in [3.8, 4) is 0 Å². The van der Waals surface area contributed by atoms with E-state index in [1.807, 2.05) is 6.07 Å². The fourth-order valence-corrected chi connectivity index (χ4v) is 5.51. The number of nitrogens with one attached hydrogen (secondary N) is 2. The van der Waals surface area contributed by atoms with Crippen LogP contribution in [0.1, 0.15) is 31.7 Å². The molecule has 1 heterocycles. The molecule has 2 aliphatic rings. The third-order valence-corrected chi connectivity index (χ3v) is 6.79. The Labute approximate surface area is 163 Å². The van der Waals surface area contributed by atoms with Crippen LogP contribution >= 0.6 is 0 Å². The number of sulfone groups is 1. The van der Waals surface area contributed by atoms with Crippen molar-refractivity contribution in [3.63, 3.8) is 0 Å². The number of guanidine groups is 1. The molecule has 150 valence electrons. The quantitative estimate of drug-likeness (QED) is 0.545. The molecule has 1 aromatic carbocycles. The van der Waals surface area contributed by atoms with Crippen LogP contribution in [0.15, 0.2) is 35.3 Å². The van der Waals surface area contributed by atoms with E-state index in [0.717, 1.165) is 38.3 Å². The molecule has 0 spiro atoms. The van der Waals surface area contributed by atoms with Gasteiger partial charge in [0, 0.05) is 50.4 Å². The SMILES string of the molecule is CN=C(NCC1(CS(C)(=O)=O)CC1)NC1CC(C)N(Cc2ccccc2)C1. The minimum absolute atomic E-state index is 0.104. The fraction of sp³-hybridized carbons (Fsp3) is 0.650. The van der Waals surface area contributed by atoms with E-state index in [-0.39, 0.29) is 11.2 Å². The smallest absolute Gasteiger partial charge is 0.191 e. The predicted molar refractivity (Wildman–Crippen MR) is 111 cm³/mol. The molecule has 1 aliphatic heterocycles. The van der Waals surface area contributed by atoms with Crippen molar-refractivity contribution in [2.75, 3.05) is 32.1 Å². The van der Waals surface area contributed by atoms with E-state index in [4.69, 9.17) is 0 Å². The molecule has 3 rings (SSSR count). The Bertz CT molecular complexity index is 759. The second kappa shape index (κ2) is 8.19. The Hall–Kier alpha value is -1.60. The van der Waals surface area contributed by atoms with Gasteiger partial charge in [-0.05, 0) is 31.7 Å². The van der Waals surface area contributed by atoms with Crippen LogP contribution in [0.4, 0.5) is 0 Å². The monoisotopic (exact) mass is 392 g/mol. The molecule has 27 heavy (non-hydrogen) atoms. The second-order valence-corrected chi connectivity index (χ2v) is 10.5. The first-order valence-corrected chi connectivity index (χ1v) is 11.8. The van der Waals surface area contributed by atoms with Gasteiger partial charge in [0.2, 0.25) is 0 Å². The summed E-state index contributed by atoms with van der Waals surface area (Å²) in [4.78, 5) is 6.83. The van der Waals surface area contributed by atoms with Crippen molar-refractivity contribution in [2.24, 2.45) is 10.4 Å². The molecular formula is C20H32N4O2S. The van der Waals surface area contributed by atoms with Gasteiger partial charge in [-0.3, -0.25) is 9.89 Å². The maximum Gasteiger partial charge on any atom is 0.191 e. The van der Waals surface area contributed by atoms with Gasteiger partial charge in [0.15, 0.2) is 5.96 Å². The van der Waals surface area contributed by atoms with E-state index < -0.39 is 9.84 Å². The molecule has 6 nitrogen and oxygen atoms in total. The Balaban J connectivity index is 1.49. The van der Waals surface area contributed by atoms with E-state index in [9.17, 15) is 8.42 Å². The molecule has 1 aromatic rings. The zero-order valence-corrected chi connectivity index (χ0v) is 17.4. The lowest BCUT2D eigenvalue weighted by Gasteiger charge is -2.22. The third-order valence-electron chi connectivity index (χ3n) is 5.65. The average molecular weight is 393 g/mol. The number of hydrogen-bond donors (Lipinski definition) is 2. The molecule has 0 amide bonds. The molecule has 2 fully saturated rings. The molecule has 1 aliphatic carbocycles. The van der Waals surface area contributed by atoms with E-state index in [2.05, 4.69) is 51.7 Å². The van der Waals surface area contributed by atoms with Crippen LogP contribution in [0.2, 0.25) is 0 Å². The number of rotatable bonds is 7. The van der Waals surface area contributed by atoms with Crippen LogP contribution < -0.4 is 10.6 Å². The first kappa shape index (κ1) is 20.1. The molecule has 1 saturated carbocycles. The Morgan fingerprint density at radius 3 is 2.59 bits per heavy atom. The first-order chi connectivity index (χ1) is 12.8. The highest BCUT2D eigenvalue weighted by Gasteiger charge is 2.45. The van der Waals surface area contributed by atoms with E-state index >= 15 is 0 Å². The fourth-order valence-electron chi connectivity index (χ4n) is 4.01. The number of aliphatic imine (C=N–C) groups is 1. The lowest BCUT2D eigenvalue weighted by molar-refractivity contribution is 0.258. The van der Waals surface area contributed by atoms with E-state index in [1.165, 1.54) is 11.8 Å². The van der Waals surface area contributed by atoms with Gasteiger partial charge in [-0.15, -0.1) is 0 Å². The summed E-state index contributed by atoms with van der Waals surface area (Å²) < 4.78 is 23.2. The first-order valence-electron chi connectivity index (χ1n) is 9.71. The summed E-state index contributed by atoms with van der Waals surface area (Å²) in [6.45, 7) is 4.87. The maximum atomic E-state index is 11.6. The maximum absolute atomic E-state index is 11.6. The summed E-state index contributed by atoms with van der Waals surface area (Å²) >= 11 is 0. The average Bonchev–Trinajstić information content (AvgIpc) is 3.27. The minimum Gasteiger partial charge on any atom is -0.356 e. The standard InChI is InChI=1S/C20H32N4O2S/c1-16-11-18(13-24(16)12-17-7-5-4-6-8-17)23-19(21-2)22-14-20(9-10-20)15-27(3,25)26/h4-8,16,18H,9-15H2,1-3H3,(H2,21,22,23). The predicted octanol–water partition coefficient (Wildman–Crippen LogP) is 1.64. The Kier molecular flexibility index (Phi) is 6.11. The van der Waals surface area contributed by atoms with Crippen molar-refractivity contribution in [1.82, 2.24) is 15.5 Å². The Morgan fingerprint density at radius 2 is 2.00 bits per heavy atom. The van der Waals surface area contributed by atoms with Crippen LogP contribution in [0.25, 0.3) is 0 Å². The largest absolute Gasteiger partial charge is 0.356 e. The molecule has 1 saturated heterocycles. The summed E-state index contributed by atoms with van der Waals surface area (Å²) in [5.74, 6) is 1.03. The second-order valence-electron chi connectivity index (χ2n) is 8.34. The molecule has 0 bridgehead atoms. The summed E-state index contributed by atoms with van der Waals surface area (Å²) in [5, 5.41) is 6.88. The zero-order chi connectivity index (χ0) is 19.5. The summed E-state index contributed by atoms with van der Waals surface area (Å²) in [6, 6.07) is 11.4. The zero-order valence-electron chi connectivity index (χ0n) is 16.6. The lowest BCUT2D eigenvalue weighted by atomic mass is 10.1. The van der Waals surface area contributed by atoms with Gasteiger partial charge in [0.05, 0.1) is 5.75 Å². The summed E-state index contributed by atoms with van der Waals surface area (Å²) in [6.07, 6.45) is 4.33. The van der Waals surface area contributed by atoms with E-state index in [0.29, 0.717) is 18.6 Å².